The van der Waals surface area contributed by atoms with Crippen molar-refractivity contribution in [1.29, 1.82) is 0 Å². The molecule has 0 bridgehead atoms. The third-order valence-corrected chi connectivity index (χ3v) is 4.39. The van der Waals surface area contributed by atoms with Crippen molar-refractivity contribution in [3.8, 4) is 0 Å². The molecule has 2 heteroatoms. The highest BCUT2D eigenvalue weighted by Crippen LogP contribution is 2.58. The van der Waals surface area contributed by atoms with Crippen LogP contribution in [-0.2, 0) is 4.74 Å². The van der Waals surface area contributed by atoms with Gasteiger partial charge in [0.05, 0.1) is 6.61 Å². The highest BCUT2D eigenvalue weighted by atomic mass is 16.5. The number of ether oxygens (including phenoxy) is 1. The lowest BCUT2D eigenvalue weighted by Crippen LogP contribution is -2.24. The van der Waals surface area contributed by atoms with Crippen LogP contribution >= 0.6 is 0 Å². The molecule has 2 nitrogen and oxygen atoms in total. The standard InChI is InChI=1S/C14H29NO/c1-5-12(3)9-14(6-2)10-13(14)11-15-7-8-16-4/h12-13,15H,5-11H2,1-4H3. The second kappa shape index (κ2) is 6.61. The molecule has 16 heavy (non-hydrogen) atoms. The molecular weight excluding hydrogens is 198 g/mol. The van der Waals surface area contributed by atoms with E-state index >= 15 is 0 Å². The molecule has 0 radical (unpaired) electrons. The molecule has 1 aliphatic rings. The van der Waals surface area contributed by atoms with Crippen molar-refractivity contribution >= 4 is 0 Å². The Morgan fingerprint density at radius 2 is 2.19 bits per heavy atom. The fourth-order valence-electron chi connectivity index (χ4n) is 2.84. The first-order valence-electron chi connectivity index (χ1n) is 6.88. The average Bonchev–Trinajstić information content (AvgIpc) is 2.98. The van der Waals surface area contributed by atoms with E-state index in [2.05, 4.69) is 26.1 Å². The van der Waals surface area contributed by atoms with Crippen LogP contribution in [0.25, 0.3) is 0 Å². The third kappa shape index (κ3) is 3.74. The van der Waals surface area contributed by atoms with E-state index in [-0.39, 0.29) is 0 Å². The lowest BCUT2D eigenvalue weighted by atomic mass is 9.87. The predicted octanol–water partition coefficient (Wildman–Crippen LogP) is 3.07. The zero-order valence-electron chi connectivity index (χ0n) is 11.5. The van der Waals surface area contributed by atoms with Gasteiger partial charge in [-0.3, -0.25) is 0 Å². The molecule has 0 aromatic rings. The first-order valence-corrected chi connectivity index (χ1v) is 6.88. The topological polar surface area (TPSA) is 21.3 Å². The minimum Gasteiger partial charge on any atom is -0.383 e. The first kappa shape index (κ1) is 14.0. The van der Waals surface area contributed by atoms with Gasteiger partial charge in [-0.25, -0.2) is 0 Å². The Hall–Kier alpha value is -0.0800. The summed E-state index contributed by atoms with van der Waals surface area (Å²) in [4.78, 5) is 0. The van der Waals surface area contributed by atoms with E-state index in [4.69, 9.17) is 4.74 Å². The lowest BCUT2D eigenvalue weighted by molar-refractivity contribution is 0.198. The van der Waals surface area contributed by atoms with E-state index in [1.54, 1.807) is 7.11 Å². The van der Waals surface area contributed by atoms with Crippen molar-refractivity contribution in [2.75, 3.05) is 26.8 Å². The zero-order chi connectivity index (χ0) is 12.0. The van der Waals surface area contributed by atoms with E-state index < -0.39 is 0 Å². The Morgan fingerprint density at radius 3 is 2.75 bits per heavy atom. The number of nitrogens with one attached hydrogen (secondary N) is 1. The molecular formula is C14H29NO. The molecule has 96 valence electrons. The van der Waals surface area contributed by atoms with Crippen LogP contribution in [0.4, 0.5) is 0 Å². The van der Waals surface area contributed by atoms with Crippen LogP contribution < -0.4 is 5.32 Å². The van der Waals surface area contributed by atoms with Crippen LogP contribution in [0.1, 0.15) is 46.5 Å². The quantitative estimate of drug-likeness (QED) is 0.611. The molecule has 0 spiro atoms. The summed E-state index contributed by atoms with van der Waals surface area (Å²) in [5.41, 5.74) is 0.676. The molecule has 0 amide bonds. The maximum Gasteiger partial charge on any atom is 0.0587 e. The number of rotatable bonds is 9. The van der Waals surface area contributed by atoms with Crippen LogP contribution in [-0.4, -0.2) is 26.8 Å². The van der Waals surface area contributed by atoms with Crippen LogP contribution in [0.3, 0.4) is 0 Å². The highest BCUT2D eigenvalue weighted by Gasteiger charge is 2.51. The highest BCUT2D eigenvalue weighted by molar-refractivity contribution is 5.02. The molecule has 3 atom stereocenters. The van der Waals surface area contributed by atoms with Crippen molar-refractivity contribution < 1.29 is 4.74 Å². The van der Waals surface area contributed by atoms with Crippen LogP contribution in [0, 0.1) is 17.3 Å². The summed E-state index contributed by atoms with van der Waals surface area (Å²) >= 11 is 0. The van der Waals surface area contributed by atoms with Crippen LogP contribution in [0.2, 0.25) is 0 Å². The Labute approximate surface area is 101 Å². The van der Waals surface area contributed by atoms with Gasteiger partial charge < -0.3 is 10.1 Å². The molecule has 3 unspecified atom stereocenters. The van der Waals surface area contributed by atoms with Crippen LogP contribution in [0.15, 0.2) is 0 Å². The first-order chi connectivity index (χ1) is 7.68. The average molecular weight is 227 g/mol. The smallest absolute Gasteiger partial charge is 0.0587 e. The van der Waals surface area contributed by atoms with Gasteiger partial charge in [0, 0.05) is 13.7 Å². The molecule has 0 aromatic carbocycles. The van der Waals surface area contributed by atoms with Gasteiger partial charge in [0.15, 0.2) is 0 Å². The van der Waals surface area contributed by atoms with Crippen molar-refractivity contribution in [2.45, 2.75) is 46.5 Å². The van der Waals surface area contributed by atoms with Gasteiger partial charge in [-0.05, 0) is 36.6 Å². The normalized spacial score (nSPS) is 30.4. The van der Waals surface area contributed by atoms with E-state index in [0.29, 0.717) is 5.41 Å². The SMILES string of the molecule is CCC(C)CC1(CC)CC1CNCCOC. The molecule has 1 rings (SSSR count). The van der Waals surface area contributed by atoms with Crippen molar-refractivity contribution in [3.63, 3.8) is 0 Å². The maximum absolute atomic E-state index is 5.04. The molecule has 1 N–H and O–H groups in total. The maximum atomic E-state index is 5.04. The minimum atomic E-state index is 0.676. The summed E-state index contributed by atoms with van der Waals surface area (Å²) in [5, 5.41) is 3.50. The summed E-state index contributed by atoms with van der Waals surface area (Å²) in [6.45, 7) is 10.1. The summed E-state index contributed by atoms with van der Waals surface area (Å²) in [6, 6.07) is 0. The molecule has 1 aliphatic carbocycles. The minimum absolute atomic E-state index is 0.676. The predicted molar refractivity (Wildman–Crippen MR) is 69.6 cm³/mol. The molecule has 0 aromatic heterocycles. The van der Waals surface area contributed by atoms with Gasteiger partial charge in [-0.1, -0.05) is 33.6 Å². The Bertz CT molecular complexity index is 195. The number of methoxy groups -OCH3 is 1. The molecule has 1 saturated carbocycles. The summed E-state index contributed by atoms with van der Waals surface area (Å²) < 4.78 is 5.04. The van der Waals surface area contributed by atoms with Gasteiger partial charge in [0.1, 0.15) is 0 Å². The van der Waals surface area contributed by atoms with Crippen molar-refractivity contribution in [3.05, 3.63) is 0 Å². The Balaban J connectivity index is 2.20. The second-order valence-electron chi connectivity index (χ2n) is 5.53. The summed E-state index contributed by atoms with van der Waals surface area (Å²) in [5.74, 6) is 1.81. The fourth-order valence-corrected chi connectivity index (χ4v) is 2.84. The Kier molecular flexibility index (Phi) is 5.77. The van der Waals surface area contributed by atoms with Crippen LogP contribution in [0.5, 0.6) is 0 Å². The Morgan fingerprint density at radius 1 is 1.44 bits per heavy atom. The van der Waals surface area contributed by atoms with Gasteiger partial charge >= 0.3 is 0 Å². The third-order valence-electron chi connectivity index (χ3n) is 4.39. The van der Waals surface area contributed by atoms with Gasteiger partial charge in [0.2, 0.25) is 0 Å². The van der Waals surface area contributed by atoms with Crippen molar-refractivity contribution in [1.82, 2.24) is 5.32 Å². The van der Waals surface area contributed by atoms with Crippen molar-refractivity contribution in [2.24, 2.45) is 17.3 Å². The van der Waals surface area contributed by atoms with E-state index in [1.165, 1.54) is 32.2 Å². The monoisotopic (exact) mass is 227 g/mol. The number of hydrogen-bond donors (Lipinski definition) is 1. The number of hydrogen-bond acceptors (Lipinski definition) is 2. The lowest BCUT2D eigenvalue weighted by Gasteiger charge is -2.19. The fraction of sp³-hybridized carbons (Fsp3) is 1.00. The molecule has 0 aliphatic heterocycles. The summed E-state index contributed by atoms with van der Waals surface area (Å²) in [6.07, 6.45) is 5.55. The second-order valence-corrected chi connectivity index (χ2v) is 5.53. The van der Waals surface area contributed by atoms with E-state index in [9.17, 15) is 0 Å². The van der Waals surface area contributed by atoms with Gasteiger partial charge in [0.25, 0.3) is 0 Å². The van der Waals surface area contributed by atoms with E-state index in [1.807, 2.05) is 0 Å². The van der Waals surface area contributed by atoms with E-state index in [0.717, 1.165) is 25.0 Å². The largest absolute Gasteiger partial charge is 0.383 e. The molecule has 0 heterocycles. The van der Waals surface area contributed by atoms with Gasteiger partial charge in [-0.15, -0.1) is 0 Å². The van der Waals surface area contributed by atoms with Gasteiger partial charge in [-0.2, -0.15) is 0 Å². The zero-order valence-corrected chi connectivity index (χ0v) is 11.5. The molecule has 1 fully saturated rings. The molecule has 0 saturated heterocycles. The summed E-state index contributed by atoms with van der Waals surface area (Å²) in [7, 11) is 1.76.